The molecule has 1 saturated heterocycles. The van der Waals surface area contributed by atoms with Crippen molar-refractivity contribution in [2.24, 2.45) is 0 Å². The third-order valence-corrected chi connectivity index (χ3v) is 5.37. The maximum atomic E-state index is 3.81. The standard InChI is InChI=1S/C7H12I2N/c1-2-9-7-3-5-10(8)6-4-7/h2,7H,1,3-6H2/q-1. The number of halogens is 2. The maximum absolute atomic E-state index is 3.81. The summed E-state index contributed by atoms with van der Waals surface area (Å²) in [6, 6.07) is 0. The molecule has 1 fully saturated rings. The number of alkyl halides is 1. The normalized spacial score (nSPS) is 23.3. The molecule has 0 aliphatic carbocycles. The Kier molecular flexibility index (Phi) is 4.55. The molecule has 0 aromatic rings. The Labute approximate surface area is 87.0 Å². The van der Waals surface area contributed by atoms with Crippen molar-refractivity contribution in [3.05, 3.63) is 10.7 Å². The summed E-state index contributed by atoms with van der Waals surface area (Å²) in [7, 11) is 0. The first-order valence-electron chi connectivity index (χ1n) is 3.46. The van der Waals surface area contributed by atoms with Gasteiger partial charge in [-0.3, -0.25) is 0 Å². The predicted octanol–water partition coefficient (Wildman–Crippen LogP) is -0.967. The zero-order chi connectivity index (χ0) is 7.40. The molecule has 0 amide bonds. The summed E-state index contributed by atoms with van der Waals surface area (Å²) in [6.45, 7) is 6.39. The van der Waals surface area contributed by atoms with Gasteiger partial charge in [0.25, 0.3) is 0 Å². The second kappa shape index (κ2) is 4.92. The first-order valence-corrected chi connectivity index (χ1v) is 6.92. The molecule has 0 bridgehead atoms. The van der Waals surface area contributed by atoms with Crippen LogP contribution in [-0.4, -0.2) is 20.1 Å². The van der Waals surface area contributed by atoms with Crippen LogP contribution in [0.5, 0.6) is 0 Å². The van der Waals surface area contributed by atoms with Crippen molar-refractivity contribution in [3.63, 3.8) is 0 Å². The Balaban J connectivity index is 2.19. The van der Waals surface area contributed by atoms with E-state index in [2.05, 4.69) is 36.6 Å². The minimum atomic E-state index is 0.321. The topological polar surface area (TPSA) is 3.24 Å². The summed E-state index contributed by atoms with van der Waals surface area (Å²) < 4.78 is 5.58. The van der Waals surface area contributed by atoms with Gasteiger partial charge < -0.3 is 0 Å². The van der Waals surface area contributed by atoms with E-state index in [0.29, 0.717) is 21.2 Å². The van der Waals surface area contributed by atoms with Gasteiger partial charge in [-0.2, -0.15) is 0 Å². The van der Waals surface area contributed by atoms with Gasteiger partial charge in [0, 0.05) is 0 Å². The molecule has 3 heteroatoms. The van der Waals surface area contributed by atoms with Crippen molar-refractivity contribution in [1.29, 1.82) is 0 Å². The van der Waals surface area contributed by atoms with Crippen molar-refractivity contribution in [2.45, 2.75) is 16.8 Å². The van der Waals surface area contributed by atoms with E-state index in [4.69, 9.17) is 0 Å². The molecule has 1 rings (SSSR count). The van der Waals surface area contributed by atoms with E-state index in [0.717, 1.165) is 3.92 Å². The summed E-state index contributed by atoms with van der Waals surface area (Å²) in [5.41, 5.74) is 0. The zero-order valence-electron chi connectivity index (χ0n) is 5.89. The van der Waals surface area contributed by atoms with Crippen LogP contribution in [-0.2, 0) is 0 Å². The summed E-state index contributed by atoms with van der Waals surface area (Å²) in [5, 5.41) is 0. The van der Waals surface area contributed by atoms with Gasteiger partial charge in [-0.1, -0.05) is 0 Å². The second-order valence-corrected chi connectivity index (χ2v) is 7.09. The fourth-order valence-corrected chi connectivity index (χ4v) is 3.62. The Morgan fingerprint density at radius 1 is 1.50 bits per heavy atom. The van der Waals surface area contributed by atoms with Gasteiger partial charge in [0.05, 0.1) is 0 Å². The molecule has 1 nitrogen and oxygen atoms in total. The van der Waals surface area contributed by atoms with Crippen LogP contribution < -0.4 is 21.2 Å². The molecular weight excluding hydrogens is 352 g/mol. The average molecular weight is 364 g/mol. The first-order chi connectivity index (χ1) is 4.83. The van der Waals surface area contributed by atoms with Crippen LogP contribution in [0.15, 0.2) is 10.7 Å². The summed E-state index contributed by atoms with van der Waals surface area (Å²) in [4.78, 5) is 0. The van der Waals surface area contributed by atoms with Crippen molar-refractivity contribution < 1.29 is 21.2 Å². The van der Waals surface area contributed by atoms with E-state index in [-0.39, 0.29) is 0 Å². The van der Waals surface area contributed by atoms with E-state index >= 15 is 0 Å². The average Bonchev–Trinajstić information content (AvgIpc) is 1.95. The fraction of sp³-hybridized carbons (Fsp3) is 0.714. The van der Waals surface area contributed by atoms with Crippen LogP contribution in [0.3, 0.4) is 0 Å². The third-order valence-electron chi connectivity index (χ3n) is 1.64. The van der Waals surface area contributed by atoms with Gasteiger partial charge in [0.2, 0.25) is 0 Å². The molecule has 0 radical (unpaired) electrons. The van der Waals surface area contributed by atoms with Gasteiger partial charge in [0.1, 0.15) is 0 Å². The number of nitrogens with zero attached hydrogens (tertiary/aromatic N) is 1. The molecule has 0 aromatic carbocycles. The number of hydrogen-bond acceptors (Lipinski definition) is 1. The quantitative estimate of drug-likeness (QED) is 0.347. The molecule has 0 atom stereocenters. The number of piperidine rings is 1. The molecule has 10 heavy (non-hydrogen) atoms. The molecule has 1 heterocycles. The molecule has 1 aliphatic heterocycles. The van der Waals surface area contributed by atoms with Crippen LogP contribution >= 0.6 is 22.9 Å². The summed E-state index contributed by atoms with van der Waals surface area (Å²) in [6.07, 6.45) is 2.81. The van der Waals surface area contributed by atoms with Crippen molar-refractivity contribution in [1.82, 2.24) is 3.11 Å². The van der Waals surface area contributed by atoms with Crippen molar-refractivity contribution in [3.8, 4) is 0 Å². The van der Waals surface area contributed by atoms with Crippen LogP contribution in [0.25, 0.3) is 0 Å². The molecule has 0 N–H and O–H groups in total. The fourth-order valence-electron chi connectivity index (χ4n) is 1.07. The monoisotopic (exact) mass is 364 g/mol. The van der Waals surface area contributed by atoms with E-state index in [9.17, 15) is 0 Å². The number of hydrogen-bond donors (Lipinski definition) is 0. The summed E-state index contributed by atoms with van der Waals surface area (Å²) in [5.74, 6) is 0. The van der Waals surface area contributed by atoms with Crippen LogP contribution in [0.2, 0.25) is 0 Å². The van der Waals surface area contributed by atoms with E-state index in [1.54, 1.807) is 0 Å². The van der Waals surface area contributed by atoms with Crippen molar-refractivity contribution >= 4 is 22.9 Å². The zero-order valence-corrected chi connectivity index (χ0v) is 10.2. The Morgan fingerprint density at radius 3 is 2.60 bits per heavy atom. The van der Waals surface area contributed by atoms with Crippen LogP contribution in [0, 0.1) is 0 Å². The van der Waals surface area contributed by atoms with Crippen molar-refractivity contribution in [2.75, 3.05) is 13.1 Å². The van der Waals surface area contributed by atoms with E-state index < -0.39 is 0 Å². The third kappa shape index (κ3) is 3.04. The molecule has 1 aliphatic rings. The van der Waals surface area contributed by atoms with E-state index in [1.165, 1.54) is 25.9 Å². The number of rotatable bonds is 2. The molecule has 0 unspecified atom stereocenters. The SMILES string of the molecule is C=C[I-]C1CCN(I)CC1. The van der Waals surface area contributed by atoms with Gasteiger partial charge in [0.15, 0.2) is 0 Å². The summed E-state index contributed by atoms with van der Waals surface area (Å²) >= 11 is 2.74. The van der Waals surface area contributed by atoms with Gasteiger partial charge in [-0.15, -0.1) is 0 Å². The van der Waals surface area contributed by atoms with Gasteiger partial charge in [-0.25, -0.2) is 0 Å². The van der Waals surface area contributed by atoms with Gasteiger partial charge in [-0.05, 0) is 0 Å². The first kappa shape index (κ1) is 9.25. The Bertz CT molecular complexity index is 108. The predicted molar refractivity (Wildman–Crippen MR) is 48.8 cm³/mol. The molecule has 60 valence electrons. The Hall–Kier alpha value is 1.16. The van der Waals surface area contributed by atoms with E-state index in [1.807, 2.05) is 0 Å². The second-order valence-electron chi connectivity index (χ2n) is 2.36. The molecule has 0 spiro atoms. The molecule has 0 saturated carbocycles. The van der Waals surface area contributed by atoms with Crippen LogP contribution in [0.4, 0.5) is 0 Å². The Morgan fingerprint density at radius 2 is 2.10 bits per heavy atom. The van der Waals surface area contributed by atoms with Gasteiger partial charge >= 0.3 is 87.7 Å². The minimum absolute atomic E-state index is 0.321. The molecular formula is C7H12I2N-. The van der Waals surface area contributed by atoms with Crippen LogP contribution in [0.1, 0.15) is 12.8 Å². The molecule has 0 aromatic heterocycles.